The quantitative estimate of drug-likeness (QED) is 0.361. The van der Waals surface area contributed by atoms with Crippen molar-refractivity contribution in [3.63, 3.8) is 0 Å². The summed E-state index contributed by atoms with van der Waals surface area (Å²) in [5, 5.41) is 3.24. The van der Waals surface area contributed by atoms with E-state index in [9.17, 15) is 14.4 Å². The van der Waals surface area contributed by atoms with Gasteiger partial charge in [-0.15, -0.1) is 0 Å². The molecule has 0 bridgehead atoms. The topological polar surface area (TPSA) is 100 Å². The van der Waals surface area contributed by atoms with Crippen LogP contribution in [0.15, 0.2) is 46.8 Å². The van der Waals surface area contributed by atoms with Gasteiger partial charge in [-0.3, -0.25) is 9.59 Å². The molecule has 178 valence electrons. The standard InChI is InChI=1S/C25H31NO7/c1-6-32-11-12-33-25(29)20-15(3)26-17-13-14(2)19(24(28)31-5)23(27)22(17)21(20)16-9-7-8-10-18(16)30-4/h7-10,14,19,21,26H,6,11-13H2,1-5H3. The molecule has 0 aromatic heterocycles. The Morgan fingerprint density at radius 1 is 1.15 bits per heavy atom. The summed E-state index contributed by atoms with van der Waals surface area (Å²) in [7, 11) is 2.81. The van der Waals surface area contributed by atoms with E-state index in [-0.39, 0.29) is 24.9 Å². The highest BCUT2D eigenvalue weighted by molar-refractivity contribution is 6.12. The number of esters is 2. The second kappa shape index (κ2) is 10.7. The van der Waals surface area contributed by atoms with Crippen molar-refractivity contribution in [3.05, 3.63) is 52.4 Å². The number of ether oxygens (including phenoxy) is 4. The fourth-order valence-electron chi connectivity index (χ4n) is 4.58. The Bertz CT molecular complexity index is 994. The Labute approximate surface area is 193 Å². The fraction of sp³-hybridized carbons (Fsp3) is 0.480. The van der Waals surface area contributed by atoms with E-state index in [1.165, 1.54) is 14.2 Å². The number of rotatable bonds is 8. The molecule has 0 radical (unpaired) electrons. The maximum atomic E-state index is 13.7. The van der Waals surface area contributed by atoms with Crippen molar-refractivity contribution in [2.45, 2.75) is 33.1 Å². The highest BCUT2D eigenvalue weighted by Gasteiger charge is 2.47. The lowest BCUT2D eigenvalue weighted by molar-refractivity contribution is -0.151. The summed E-state index contributed by atoms with van der Waals surface area (Å²) < 4.78 is 21.2. The van der Waals surface area contributed by atoms with Crippen LogP contribution in [-0.2, 0) is 28.6 Å². The summed E-state index contributed by atoms with van der Waals surface area (Å²) in [4.78, 5) is 39.4. The van der Waals surface area contributed by atoms with E-state index in [0.29, 0.717) is 46.9 Å². The molecule has 3 rings (SSSR count). The van der Waals surface area contributed by atoms with E-state index in [1.807, 2.05) is 32.0 Å². The van der Waals surface area contributed by atoms with Gasteiger partial charge in [-0.1, -0.05) is 25.1 Å². The monoisotopic (exact) mass is 457 g/mol. The molecule has 8 heteroatoms. The zero-order valence-corrected chi connectivity index (χ0v) is 19.7. The summed E-state index contributed by atoms with van der Waals surface area (Å²) in [6.07, 6.45) is 0.469. The van der Waals surface area contributed by atoms with Gasteiger partial charge in [-0.2, -0.15) is 0 Å². The minimum absolute atomic E-state index is 0.0871. The maximum Gasteiger partial charge on any atom is 0.336 e. The normalized spacial score (nSPS) is 22.5. The number of nitrogens with one attached hydrogen (secondary N) is 1. The smallest absolute Gasteiger partial charge is 0.336 e. The molecule has 1 aromatic carbocycles. The summed E-state index contributed by atoms with van der Waals surface area (Å²) in [6, 6.07) is 7.23. The average Bonchev–Trinajstić information content (AvgIpc) is 2.80. The number of methoxy groups -OCH3 is 2. The summed E-state index contributed by atoms with van der Waals surface area (Å²) in [5.41, 5.74) is 2.63. The number of dihydropyridines is 1. The molecular weight excluding hydrogens is 426 g/mol. The summed E-state index contributed by atoms with van der Waals surface area (Å²) >= 11 is 0. The molecule has 0 amide bonds. The van der Waals surface area contributed by atoms with Crippen LogP contribution in [-0.4, -0.2) is 51.8 Å². The second-order valence-electron chi connectivity index (χ2n) is 8.11. The van der Waals surface area contributed by atoms with E-state index in [0.717, 1.165) is 0 Å². The van der Waals surface area contributed by atoms with Gasteiger partial charge in [0.25, 0.3) is 0 Å². The molecule has 3 atom stereocenters. The number of ketones is 1. The van der Waals surface area contributed by atoms with Gasteiger partial charge in [-0.25, -0.2) is 4.79 Å². The third-order valence-corrected chi connectivity index (χ3v) is 6.08. The van der Waals surface area contributed by atoms with Crippen LogP contribution in [0.25, 0.3) is 0 Å². The van der Waals surface area contributed by atoms with Gasteiger partial charge in [0.15, 0.2) is 5.78 Å². The van der Waals surface area contributed by atoms with E-state index < -0.39 is 23.8 Å². The molecule has 3 unspecified atom stereocenters. The van der Waals surface area contributed by atoms with E-state index in [4.69, 9.17) is 18.9 Å². The Kier molecular flexibility index (Phi) is 7.92. The summed E-state index contributed by atoms with van der Waals surface area (Å²) in [5.74, 6) is -2.89. The van der Waals surface area contributed by atoms with Gasteiger partial charge in [-0.05, 0) is 32.3 Å². The first-order valence-corrected chi connectivity index (χ1v) is 11.1. The van der Waals surface area contributed by atoms with Crippen molar-refractivity contribution in [1.29, 1.82) is 0 Å². The highest BCUT2D eigenvalue weighted by atomic mass is 16.6. The Balaban J connectivity index is 2.12. The lowest BCUT2D eigenvalue weighted by Gasteiger charge is -2.38. The fourth-order valence-corrected chi connectivity index (χ4v) is 4.58. The Morgan fingerprint density at radius 3 is 2.55 bits per heavy atom. The molecule has 0 saturated carbocycles. The molecule has 1 N–H and O–H groups in total. The number of carbonyl (C=O) groups excluding carboxylic acids is 3. The Hall–Kier alpha value is -3.13. The zero-order chi connectivity index (χ0) is 24.1. The number of benzene rings is 1. The minimum atomic E-state index is -0.943. The van der Waals surface area contributed by atoms with Gasteiger partial charge in [0.2, 0.25) is 0 Å². The predicted octanol–water partition coefficient (Wildman–Crippen LogP) is 2.89. The molecule has 1 aromatic rings. The first-order valence-electron chi connectivity index (χ1n) is 11.1. The minimum Gasteiger partial charge on any atom is -0.496 e. The van der Waals surface area contributed by atoms with Crippen LogP contribution in [0.2, 0.25) is 0 Å². The lowest BCUT2D eigenvalue weighted by atomic mass is 9.69. The molecule has 0 spiro atoms. The van der Waals surface area contributed by atoms with Crippen molar-refractivity contribution < 1.29 is 33.3 Å². The highest BCUT2D eigenvalue weighted by Crippen LogP contribution is 2.47. The van der Waals surface area contributed by atoms with Gasteiger partial charge >= 0.3 is 11.9 Å². The number of carbonyl (C=O) groups is 3. The molecule has 33 heavy (non-hydrogen) atoms. The summed E-state index contributed by atoms with van der Waals surface area (Å²) in [6.45, 7) is 6.37. The van der Waals surface area contributed by atoms with Gasteiger partial charge in [0.05, 0.1) is 32.3 Å². The van der Waals surface area contributed by atoms with Crippen molar-refractivity contribution in [1.82, 2.24) is 5.32 Å². The molecule has 8 nitrogen and oxygen atoms in total. The van der Waals surface area contributed by atoms with Crippen LogP contribution < -0.4 is 10.1 Å². The number of allylic oxidation sites excluding steroid dienone is 3. The zero-order valence-electron chi connectivity index (χ0n) is 19.7. The third-order valence-electron chi connectivity index (χ3n) is 6.08. The van der Waals surface area contributed by atoms with Gasteiger partial charge in [0.1, 0.15) is 18.3 Å². The van der Waals surface area contributed by atoms with Crippen molar-refractivity contribution in [3.8, 4) is 5.75 Å². The van der Waals surface area contributed by atoms with Crippen molar-refractivity contribution in [2.75, 3.05) is 34.0 Å². The maximum absolute atomic E-state index is 13.7. The van der Waals surface area contributed by atoms with E-state index in [2.05, 4.69) is 5.32 Å². The number of hydrogen-bond donors (Lipinski definition) is 1. The molecule has 0 fully saturated rings. The lowest BCUT2D eigenvalue weighted by Crippen LogP contribution is -2.43. The van der Waals surface area contributed by atoms with Crippen molar-refractivity contribution in [2.24, 2.45) is 11.8 Å². The van der Waals surface area contributed by atoms with Crippen LogP contribution >= 0.6 is 0 Å². The molecule has 1 aliphatic carbocycles. The van der Waals surface area contributed by atoms with Gasteiger partial charge in [0, 0.05) is 29.1 Å². The molecular formula is C25H31NO7. The van der Waals surface area contributed by atoms with E-state index in [1.54, 1.807) is 13.0 Å². The molecule has 1 aliphatic heterocycles. The number of hydrogen-bond acceptors (Lipinski definition) is 8. The first-order chi connectivity index (χ1) is 15.8. The average molecular weight is 458 g/mol. The number of para-hydroxylation sites is 1. The van der Waals surface area contributed by atoms with Gasteiger partial charge < -0.3 is 24.3 Å². The van der Waals surface area contributed by atoms with E-state index >= 15 is 0 Å². The van der Waals surface area contributed by atoms with Crippen LogP contribution in [0, 0.1) is 11.8 Å². The van der Waals surface area contributed by atoms with Crippen LogP contribution in [0.5, 0.6) is 5.75 Å². The second-order valence-corrected chi connectivity index (χ2v) is 8.11. The Morgan fingerprint density at radius 2 is 1.88 bits per heavy atom. The first kappa shape index (κ1) is 24.5. The van der Waals surface area contributed by atoms with Crippen molar-refractivity contribution >= 4 is 17.7 Å². The predicted molar refractivity (Wildman–Crippen MR) is 120 cm³/mol. The van der Waals surface area contributed by atoms with Crippen LogP contribution in [0.3, 0.4) is 0 Å². The SMILES string of the molecule is CCOCCOC(=O)C1=C(C)NC2=C(C(=O)C(C(=O)OC)C(C)C2)C1c1ccccc1OC. The van der Waals surface area contributed by atoms with Crippen LogP contribution in [0.4, 0.5) is 0 Å². The molecule has 0 saturated heterocycles. The molecule has 1 heterocycles. The van der Waals surface area contributed by atoms with Crippen LogP contribution in [0.1, 0.15) is 38.7 Å². The third kappa shape index (κ3) is 4.80. The molecule has 2 aliphatic rings. The largest absolute Gasteiger partial charge is 0.496 e. The number of Topliss-reactive ketones (excluding diaryl/α,β-unsaturated/α-hetero) is 1.